The number of carboxylic acids is 1. The van der Waals surface area contributed by atoms with Gasteiger partial charge in [-0.2, -0.15) is 0 Å². The number of aromatic nitrogens is 1. The third kappa shape index (κ3) is 4.10. The lowest BCUT2D eigenvalue weighted by molar-refractivity contribution is -0.136. The van der Waals surface area contributed by atoms with Crippen LogP contribution in [0.3, 0.4) is 0 Å². The molecular formula is C19H16N2O3S. The van der Waals surface area contributed by atoms with Crippen molar-refractivity contribution in [3.8, 4) is 11.3 Å². The molecule has 0 aliphatic heterocycles. The molecule has 0 spiro atoms. The van der Waals surface area contributed by atoms with Crippen LogP contribution in [0, 0.1) is 6.92 Å². The number of thiazole rings is 1. The summed E-state index contributed by atoms with van der Waals surface area (Å²) in [5.74, 6) is -1.23. The Bertz CT molecular complexity index is 934. The summed E-state index contributed by atoms with van der Waals surface area (Å²) in [6.45, 7) is 1.93. The van der Waals surface area contributed by atoms with Gasteiger partial charge in [-0.1, -0.05) is 30.3 Å². The fourth-order valence-corrected chi connectivity index (χ4v) is 3.09. The zero-order chi connectivity index (χ0) is 17.8. The van der Waals surface area contributed by atoms with Gasteiger partial charge >= 0.3 is 5.97 Å². The first kappa shape index (κ1) is 16.9. The molecule has 0 aliphatic carbocycles. The number of rotatable bonds is 5. The number of nitrogens with one attached hydrogen (secondary N) is 1. The van der Waals surface area contributed by atoms with E-state index in [1.165, 1.54) is 0 Å². The molecular weight excluding hydrogens is 336 g/mol. The Labute approximate surface area is 149 Å². The van der Waals surface area contributed by atoms with E-state index in [4.69, 9.17) is 5.11 Å². The summed E-state index contributed by atoms with van der Waals surface area (Å²) in [6.07, 6.45) is -0.144. The van der Waals surface area contributed by atoms with Crippen LogP contribution in [0.2, 0.25) is 0 Å². The van der Waals surface area contributed by atoms with Gasteiger partial charge in [-0.3, -0.25) is 9.59 Å². The number of anilines is 1. The summed E-state index contributed by atoms with van der Waals surface area (Å²) in [5.41, 5.74) is 3.27. The number of carbonyl (C=O) groups excluding carboxylic acids is 1. The molecule has 0 bridgehead atoms. The molecule has 1 heterocycles. The Morgan fingerprint density at radius 1 is 1.16 bits per heavy atom. The molecule has 126 valence electrons. The number of benzene rings is 2. The largest absolute Gasteiger partial charge is 0.481 e. The second-order valence-corrected chi connectivity index (χ2v) is 6.58. The second-order valence-electron chi connectivity index (χ2n) is 5.51. The first-order valence-corrected chi connectivity index (χ1v) is 8.54. The molecule has 0 saturated carbocycles. The Morgan fingerprint density at radius 2 is 1.96 bits per heavy atom. The van der Waals surface area contributed by atoms with E-state index in [0.717, 1.165) is 16.3 Å². The van der Waals surface area contributed by atoms with Crippen molar-refractivity contribution in [3.63, 3.8) is 0 Å². The highest BCUT2D eigenvalue weighted by Gasteiger charge is 2.12. The van der Waals surface area contributed by atoms with Crippen molar-refractivity contribution >= 4 is 28.9 Å². The lowest BCUT2D eigenvalue weighted by Gasteiger charge is -2.10. The first-order valence-electron chi connectivity index (χ1n) is 7.66. The van der Waals surface area contributed by atoms with Gasteiger partial charge in [-0.05, 0) is 30.7 Å². The average Bonchev–Trinajstić information content (AvgIpc) is 3.03. The number of hydrogen-bond donors (Lipinski definition) is 2. The Morgan fingerprint density at radius 3 is 2.68 bits per heavy atom. The van der Waals surface area contributed by atoms with E-state index < -0.39 is 5.97 Å². The fourth-order valence-electron chi connectivity index (χ4n) is 2.47. The number of para-hydroxylation sites is 1. The fraction of sp³-hybridized carbons (Fsp3) is 0.105. The average molecular weight is 352 g/mol. The molecule has 0 saturated heterocycles. The van der Waals surface area contributed by atoms with Gasteiger partial charge in [0.2, 0.25) is 0 Å². The second kappa shape index (κ2) is 7.27. The molecule has 0 aliphatic rings. The smallest absolute Gasteiger partial charge is 0.307 e. The van der Waals surface area contributed by atoms with E-state index in [0.29, 0.717) is 16.8 Å². The highest BCUT2D eigenvalue weighted by atomic mass is 32.1. The van der Waals surface area contributed by atoms with Crippen LogP contribution in [-0.2, 0) is 11.2 Å². The Kier molecular flexibility index (Phi) is 4.90. The molecule has 25 heavy (non-hydrogen) atoms. The van der Waals surface area contributed by atoms with E-state index in [2.05, 4.69) is 10.3 Å². The van der Waals surface area contributed by atoms with Crippen LogP contribution in [0.5, 0.6) is 0 Å². The number of aliphatic carboxylic acids is 1. The molecule has 2 N–H and O–H groups in total. The Balaban J connectivity index is 1.84. The molecule has 1 amide bonds. The van der Waals surface area contributed by atoms with E-state index in [1.54, 1.807) is 47.7 Å². The molecule has 1 aromatic heterocycles. The van der Waals surface area contributed by atoms with Crippen molar-refractivity contribution in [2.45, 2.75) is 13.3 Å². The summed E-state index contributed by atoms with van der Waals surface area (Å²) in [6, 6.07) is 14.1. The van der Waals surface area contributed by atoms with Crippen molar-refractivity contribution in [3.05, 3.63) is 70.0 Å². The van der Waals surface area contributed by atoms with E-state index in [-0.39, 0.29) is 12.3 Å². The van der Waals surface area contributed by atoms with Crippen LogP contribution in [-0.4, -0.2) is 22.0 Å². The molecule has 0 atom stereocenters. The number of hydrogen-bond acceptors (Lipinski definition) is 4. The molecule has 3 rings (SSSR count). The first-order chi connectivity index (χ1) is 12.0. The molecule has 0 radical (unpaired) electrons. The molecule has 5 nitrogen and oxygen atoms in total. The maximum Gasteiger partial charge on any atom is 0.307 e. The molecule has 6 heteroatoms. The normalized spacial score (nSPS) is 10.4. The van der Waals surface area contributed by atoms with Crippen molar-refractivity contribution in [2.75, 3.05) is 5.32 Å². The predicted molar refractivity (Wildman–Crippen MR) is 98.0 cm³/mol. The lowest BCUT2D eigenvalue weighted by atomic mass is 10.1. The summed E-state index contributed by atoms with van der Waals surface area (Å²) < 4.78 is 0. The molecule has 0 unspecified atom stereocenters. The minimum absolute atomic E-state index is 0.144. The maximum atomic E-state index is 12.6. The van der Waals surface area contributed by atoms with Gasteiger partial charge in [0, 0.05) is 22.2 Å². The van der Waals surface area contributed by atoms with Gasteiger partial charge in [0.15, 0.2) is 0 Å². The van der Waals surface area contributed by atoms with Gasteiger partial charge in [-0.15, -0.1) is 11.3 Å². The summed E-state index contributed by atoms with van der Waals surface area (Å²) >= 11 is 1.56. The van der Waals surface area contributed by atoms with Gasteiger partial charge in [-0.25, -0.2) is 4.98 Å². The minimum atomic E-state index is -0.942. The van der Waals surface area contributed by atoms with Crippen LogP contribution < -0.4 is 5.32 Å². The minimum Gasteiger partial charge on any atom is -0.481 e. The van der Waals surface area contributed by atoms with E-state index in [9.17, 15) is 9.59 Å². The zero-order valence-corrected chi connectivity index (χ0v) is 14.3. The monoisotopic (exact) mass is 352 g/mol. The summed E-state index contributed by atoms with van der Waals surface area (Å²) in [7, 11) is 0. The van der Waals surface area contributed by atoms with Gasteiger partial charge in [0.25, 0.3) is 5.91 Å². The van der Waals surface area contributed by atoms with Crippen LogP contribution in [0.15, 0.2) is 53.9 Å². The lowest BCUT2D eigenvalue weighted by Crippen LogP contribution is -2.14. The standard InChI is InChI=1S/C19H16N2O3S/c1-12-20-17(11-25-12)13-6-4-7-15(9-13)19(24)21-16-8-3-2-5-14(16)10-18(22)23/h2-9,11H,10H2,1H3,(H,21,24)(H,22,23). The van der Waals surface area contributed by atoms with Crippen molar-refractivity contribution < 1.29 is 14.7 Å². The molecule has 2 aromatic carbocycles. The quantitative estimate of drug-likeness (QED) is 0.727. The highest BCUT2D eigenvalue weighted by molar-refractivity contribution is 7.09. The third-order valence-electron chi connectivity index (χ3n) is 3.65. The van der Waals surface area contributed by atoms with Crippen molar-refractivity contribution in [1.29, 1.82) is 0 Å². The van der Waals surface area contributed by atoms with Crippen molar-refractivity contribution in [1.82, 2.24) is 4.98 Å². The van der Waals surface area contributed by atoms with E-state index in [1.807, 2.05) is 24.4 Å². The Hall–Kier alpha value is -2.99. The number of nitrogens with zero attached hydrogens (tertiary/aromatic N) is 1. The maximum absolute atomic E-state index is 12.6. The number of carboxylic acid groups (broad SMARTS) is 1. The zero-order valence-electron chi connectivity index (χ0n) is 13.5. The number of amides is 1. The predicted octanol–water partition coefficient (Wildman–Crippen LogP) is 4.00. The van der Waals surface area contributed by atoms with Gasteiger partial charge < -0.3 is 10.4 Å². The molecule has 3 aromatic rings. The highest BCUT2D eigenvalue weighted by Crippen LogP contribution is 2.23. The van der Waals surface area contributed by atoms with Gasteiger partial charge in [0.1, 0.15) is 0 Å². The number of carbonyl (C=O) groups is 2. The van der Waals surface area contributed by atoms with Gasteiger partial charge in [0.05, 0.1) is 17.1 Å². The van der Waals surface area contributed by atoms with Crippen molar-refractivity contribution in [2.24, 2.45) is 0 Å². The third-order valence-corrected chi connectivity index (χ3v) is 4.42. The number of aryl methyl sites for hydroxylation is 1. The molecule has 0 fully saturated rings. The van der Waals surface area contributed by atoms with Crippen LogP contribution >= 0.6 is 11.3 Å². The van der Waals surface area contributed by atoms with Crippen LogP contribution in [0.4, 0.5) is 5.69 Å². The van der Waals surface area contributed by atoms with E-state index >= 15 is 0 Å². The SMILES string of the molecule is Cc1nc(-c2cccc(C(=O)Nc3ccccc3CC(=O)O)c2)cs1. The summed E-state index contributed by atoms with van der Waals surface area (Å²) in [4.78, 5) is 28.0. The van der Waals surface area contributed by atoms with Crippen LogP contribution in [0.1, 0.15) is 20.9 Å². The topological polar surface area (TPSA) is 79.3 Å². The summed E-state index contributed by atoms with van der Waals surface area (Å²) in [5, 5.41) is 14.7. The van der Waals surface area contributed by atoms with Crippen LogP contribution in [0.25, 0.3) is 11.3 Å².